The summed E-state index contributed by atoms with van der Waals surface area (Å²) in [7, 11) is 0. The molecular formula is C29H31Cl2F2NO5. The van der Waals surface area contributed by atoms with Crippen molar-refractivity contribution in [3.63, 3.8) is 0 Å². The van der Waals surface area contributed by atoms with Crippen LogP contribution in [0, 0.1) is 28.6 Å². The van der Waals surface area contributed by atoms with E-state index in [1.807, 2.05) is 19.1 Å². The van der Waals surface area contributed by atoms with Gasteiger partial charge in [-0.2, -0.15) is 5.06 Å². The molecule has 0 radical (unpaired) electrons. The van der Waals surface area contributed by atoms with Crippen LogP contribution in [0.2, 0.25) is 5.02 Å². The number of alkyl halides is 3. The van der Waals surface area contributed by atoms with Gasteiger partial charge in [0.05, 0.1) is 6.10 Å². The number of hydrogen-bond donors (Lipinski definition) is 1. The van der Waals surface area contributed by atoms with Crippen LogP contribution < -0.4 is 0 Å². The molecule has 1 aliphatic heterocycles. The smallest absolute Gasteiger partial charge is 0.342 e. The minimum absolute atomic E-state index is 0.0660. The Morgan fingerprint density at radius 3 is 2.64 bits per heavy atom. The number of ketones is 1. The molecule has 9 atom stereocenters. The molecule has 6 nitrogen and oxygen atoms in total. The summed E-state index contributed by atoms with van der Waals surface area (Å²) in [6.07, 6.45) is 0.819. The lowest BCUT2D eigenvalue weighted by Crippen LogP contribution is -2.70. The number of hydrogen-bond acceptors (Lipinski definition) is 6. The lowest BCUT2D eigenvalue weighted by Gasteiger charge is -2.63. The van der Waals surface area contributed by atoms with Crippen LogP contribution in [0.4, 0.5) is 8.78 Å². The first-order valence-corrected chi connectivity index (χ1v) is 14.2. The molecule has 3 saturated carbocycles. The fourth-order valence-corrected chi connectivity index (χ4v) is 8.93. The monoisotopic (exact) mass is 581 g/mol. The number of nitrogens with zero attached hydrogens (tertiary/aromatic N) is 1. The quantitative estimate of drug-likeness (QED) is 0.393. The third-order valence-electron chi connectivity index (χ3n) is 10.4. The second-order valence-corrected chi connectivity index (χ2v) is 12.8. The predicted octanol–water partition coefficient (Wildman–Crippen LogP) is 5.11. The maximum Gasteiger partial charge on any atom is 0.342 e. The molecular weight excluding hydrogens is 551 g/mol. The minimum Gasteiger partial charge on any atom is -0.447 e. The van der Waals surface area contributed by atoms with Crippen molar-refractivity contribution in [2.24, 2.45) is 28.6 Å². The number of hydroxylamine groups is 2. The van der Waals surface area contributed by atoms with Crippen LogP contribution in [0.3, 0.4) is 0 Å². The van der Waals surface area contributed by atoms with Crippen LogP contribution in [-0.4, -0.2) is 58.1 Å². The molecule has 0 spiro atoms. The number of rotatable bonds is 4. The van der Waals surface area contributed by atoms with E-state index >= 15 is 8.78 Å². The molecule has 39 heavy (non-hydrogen) atoms. The summed E-state index contributed by atoms with van der Waals surface area (Å²) in [5.41, 5.74) is -5.33. The van der Waals surface area contributed by atoms with E-state index in [-0.39, 0.29) is 24.5 Å². The van der Waals surface area contributed by atoms with Crippen molar-refractivity contribution in [1.29, 1.82) is 0 Å². The number of carbonyl (C=O) groups is 2. The average molecular weight is 582 g/mol. The van der Waals surface area contributed by atoms with Crippen LogP contribution in [0.1, 0.15) is 38.7 Å². The second kappa shape index (κ2) is 9.08. The topological polar surface area (TPSA) is 76.1 Å². The van der Waals surface area contributed by atoms with E-state index in [2.05, 4.69) is 0 Å². The summed E-state index contributed by atoms with van der Waals surface area (Å²) >= 11 is 11.9. The summed E-state index contributed by atoms with van der Waals surface area (Å²) in [6.45, 7) is 4.12. The Labute approximate surface area is 235 Å². The molecule has 210 valence electrons. The number of ether oxygens (including phenoxy) is 1. The molecule has 9 unspecified atom stereocenters. The number of benzene rings is 1. The van der Waals surface area contributed by atoms with E-state index in [4.69, 9.17) is 32.8 Å². The fourth-order valence-electron chi connectivity index (χ4n) is 8.71. The Balaban J connectivity index is 1.40. The molecule has 1 aromatic carbocycles. The van der Waals surface area contributed by atoms with Gasteiger partial charge < -0.3 is 9.84 Å². The Bertz CT molecular complexity index is 1270. The van der Waals surface area contributed by atoms with Gasteiger partial charge in [-0.15, -0.1) is 0 Å². The van der Waals surface area contributed by atoms with Gasteiger partial charge in [-0.05, 0) is 67.5 Å². The third kappa shape index (κ3) is 3.54. The summed E-state index contributed by atoms with van der Waals surface area (Å²) in [5.74, 6) is -2.85. The second-order valence-electron chi connectivity index (χ2n) is 12.1. The van der Waals surface area contributed by atoms with Crippen molar-refractivity contribution in [1.82, 2.24) is 5.06 Å². The van der Waals surface area contributed by atoms with Crippen molar-refractivity contribution in [2.45, 2.75) is 63.2 Å². The molecule has 4 fully saturated rings. The zero-order valence-electron chi connectivity index (χ0n) is 21.7. The van der Waals surface area contributed by atoms with Gasteiger partial charge in [0.25, 0.3) is 0 Å². The van der Waals surface area contributed by atoms with E-state index in [9.17, 15) is 14.7 Å². The molecule has 10 heteroatoms. The van der Waals surface area contributed by atoms with Gasteiger partial charge in [-0.1, -0.05) is 48.3 Å². The normalized spacial score (nSPS) is 44.7. The first-order valence-electron chi connectivity index (χ1n) is 13.3. The molecule has 5 aliphatic rings. The maximum atomic E-state index is 17.5. The van der Waals surface area contributed by atoms with E-state index in [1.165, 1.54) is 18.2 Å². The number of aliphatic hydroxyl groups excluding tert-OH is 1. The van der Waals surface area contributed by atoms with Crippen LogP contribution in [-0.2, 0) is 25.7 Å². The van der Waals surface area contributed by atoms with Crippen LogP contribution in [0.25, 0.3) is 0 Å². The molecule has 4 aliphatic carbocycles. The van der Waals surface area contributed by atoms with Crippen molar-refractivity contribution in [3.05, 3.63) is 58.7 Å². The molecule has 1 heterocycles. The van der Waals surface area contributed by atoms with Crippen LogP contribution in [0.5, 0.6) is 0 Å². The van der Waals surface area contributed by atoms with E-state index in [1.54, 1.807) is 24.1 Å². The van der Waals surface area contributed by atoms with Gasteiger partial charge >= 0.3 is 5.97 Å². The number of aliphatic hydroxyl groups is 1. The lowest BCUT2D eigenvalue weighted by molar-refractivity contribution is -0.277. The molecule has 1 N–H and O–H groups in total. The summed E-state index contributed by atoms with van der Waals surface area (Å²) in [6, 6.07) is 6.90. The highest BCUT2D eigenvalue weighted by Crippen LogP contribution is 2.72. The lowest BCUT2D eigenvalue weighted by atomic mass is 9.44. The van der Waals surface area contributed by atoms with Crippen molar-refractivity contribution >= 4 is 35.0 Å². The number of halogens is 4. The number of carbonyl (C=O) groups excluding carboxylic acids is 2. The zero-order chi connectivity index (χ0) is 28.0. The van der Waals surface area contributed by atoms with E-state index in [0.29, 0.717) is 24.5 Å². The van der Waals surface area contributed by atoms with Gasteiger partial charge in [0.1, 0.15) is 6.17 Å². The number of esters is 1. The summed E-state index contributed by atoms with van der Waals surface area (Å²) in [4.78, 5) is 32.3. The minimum atomic E-state index is -2.23. The van der Waals surface area contributed by atoms with Gasteiger partial charge in [0.15, 0.2) is 23.1 Å². The van der Waals surface area contributed by atoms with Gasteiger partial charge in [0, 0.05) is 40.8 Å². The SMILES string of the molecule is CC12C=CC(=O)C=C1C(F)CC1C3CC4CN(Cc5ccc(Cl)cc5)OC4(C(=O)OCCl)C3(C)CC(O)C12F. The van der Waals surface area contributed by atoms with Crippen LogP contribution >= 0.6 is 23.2 Å². The largest absolute Gasteiger partial charge is 0.447 e. The first-order chi connectivity index (χ1) is 18.4. The average Bonchev–Trinajstić information content (AvgIpc) is 3.36. The highest BCUT2D eigenvalue weighted by Gasteiger charge is 2.80. The molecule has 6 rings (SSSR count). The maximum absolute atomic E-state index is 17.5. The zero-order valence-corrected chi connectivity index (χ0v) is 23.2. The van der Waals surface area contributed by atoms with Crippen LogP contribution in [0.15, 0.2) is 48.1 Å². The Morgan fingerprint density at radius 1 is 1.23 bits per heavy atom. The predicted molar refractivity (Wildman–Crippen MR) is 140 cm³/mol. The molecule has 0 amide bonds. The third-order valence-corrected chi connectivity index (χ3v) is 10.8. The van der Waals surface area contributed by atoms with Gasteiger partial charge in [0.2, 0.25) is 0 Å². The first kappa shape index (κ1) is 27.3. The highest BCUT2D eigenvalue weighted by atomic mass is 35.5. The molecule has 0 aromatic heterocycles. The van der Waals surface area contributed by atoms with Crippen molar-refractivity contribution < 1.29 is 33.1 Å². The molecule has 1 saturated heterocycles. The Kier molecular flexibility index (Phi) is 6.37. The summed E-state index contributed by atoms with van der Waals surface area (Å²) in [5, 5.41) is 13.9. The van der Waals surface area contributed by atoms with E-state index < -0.39 is 63.9 Å². The Morgan fingerprint density at radius 2 is 1.95 bits per heavy atom. The van der Waals surface area contributed by atoms with Crippen molar-refractivity contribution in [3.8, 4) is 0 Å². The number of allylic oxidation sites excluding steroid dienone is 4. The summed E-state index contributed by atoms with van der Waals surface area (Å²) < 4.78 is 38.5. The fraction of sp³-hybridized carbons (Fsp3) is 0.586. The highest BCUT2D eigenvalue weighted by molar-refractivity contribution is 6.30. The standard InChI is InChI=1S/C29H31Cl2F2NO5/c1-26-8-7-19(35)10-22(26)23(32)11-21-20-9-17-14-34(13-16-3-5-18(31)6-4-16)39-29(17,25(37)38-15-30)27(20,2)12-24(36)28(21,26)33/h3-8,10,17,20-21,23-24,36H,9,11-15H2,1-2H3. The van der Waals surface area contributed by atoms with Gasteiger partial charge in [-0.3, -0.25) is 9.63 Å². The molecule has 0 bridgehead atoms. The number of fused-ring (bicyclic) bond motifs is 7. The Hall–Kier alpha value is -1.84. The van der Waals surface area contributed by atoms with Crippen molar-refractivity contribution in [2.75, 3.05) is 12.6 Å². The van der Waals surface area contributed by atoms with E-state index in [0.717, 1.165) is 5.56 Å². The van der Waals surface area contributed by atoms with Gasteiger partial charge in [-0.25, -0.2) is 13.6 Å². The molecule has 1 aromatic rings.